The molecule has 0 spiro atoms. The van der Waals surface area contributed by atoms with Crippen LogP contribution in [0.4, 0.5) is 5.69 Å². The molecule has 1 unspecified atom stereocenters. The lowest BCUT2D eigenvalue weighted by Gasteiger charge is -2.32. The van der Waals surface area contributed by atoms with E-state index in [4.69, 9.17) is 17.3 Å². The van der Waals surface area contributed by atoms with Crippen LogP contribution in [-0.4, -0.2) is 21.9 Å². The Kier molecular flexibility index (Phi) is 5.38. The third-order valence-electron chi connectivity index (χ3n) is 3.03. The van der Waals surface area contributed by atoms with E-state index in [2.05, 4.69) is 24.3 Å². The van der Waals surface area contributed by atoms with Gasteiger partial charge in [0.05, 0.1) is 11.9 Å². The van der Waals surface area contributed by atoms with Crippen LogP contribution >= 0.6 is 11.6 Å². The molecule has 5 nitrogen and oxygen atoms in total. The summed E-state index contributed by atoms with van der Waals surface area (Å²) >= 11 is 6.10. The molecule has 0 aliphatic heterocycles. The molecule has 0 aliphatic rings. The van der Waals surface area contributed by atoms with Crippen molar-refractivity contribution in [2.75, 3.05) is 11.9 Å². The van der Waals surface area contributed by atoms with E-state index < -0.39 is 0 Å². The summed E-state index contributed by atoms with van der Waals surface area (Å²) in [6, 6.07) is 0. The fourth-order valence-electron chi connectivity index (χ4n) is 2.19. The standard InChI is InChI=1S/C13H23ClN4O/c1-5-18-12(19)11(14)10(7-16-18)17-13(4,8-15)6-9(2)3/h7,9,17H,5-6,8,15H2,1-4H3. The van der Waals surface area contributed by atoms with Crippen LogP contribution in [-0.2, 0) is 6.54 Å². The number of hydrogen-bond acceptors (Lipinski definition) is 4. The van der Waals surface area contributed by atoms with Crippen molar-refractivity contribution in [2.24, 2.45) is 11.7 Å². The first-order valence-corrected chi connectivity index (χ1v) is 6.94. The molecular weight excluding hydrogens is 264 g/mol. The molecular formula is C13H23ClN4O. The maximum Gasteiger partial charge on any atom is 0.287 e. The van der Waals surface area contributed by atoms with Crippen LogP contribution in [0.15, 0.2) is 11.0 Å². The minimum atomic E-state index is -0.301. The molecule has 0 fully saturated rings. The second kappa shape index (κ2) is 6.39. The average Bonchev–Trinajstić information content (AvgIpc) is 2.34. The topological polar surface area (TPSA) is 72.9 Å². The molecule has 0 amide bonds. The Morgan fingerprint density at radius 3 is 2.68 bits per heavy atom. The summed E-state index contributed by atoms with van der Waals surface area (Å²) in [5.41, 5.74) is 5.80. The van der Waals surface area contributed by atoms with Crippen LogP contribution in [0.1, 0.15) is 34.1 Å². The van der Waals surface area contributed by atoms with E-state index in [1.807, 2.05) is 13.8 Å². The van der Waals surface area contributed by atoms with Gasteiger partial charge in [-0.1, -0.05) is 25.4 Å². The van der Waals surface area contributed by atoms with E-state index in [9.17, 15) is 4.79 Å². The highest BCUT2D eigenvalue weighted by Crippen LogP contribution is 2.24. The zero-order valence-electron chi connectivity index (χ0n) is 12.0. The van der Waals surface area contributed by atoms with E-state index in [-0.39, 0.29) is 16.1 Å². The van der Waals surface area contributed by atoms with Crippen molar-refractivity contribution in [3.8, 4) is 0 Å². The van der Waals surface area contributed by atoms with E-state index in [1.165, 1.54) is 4.68 Å². The summed E-state index contributed by atoms with van der Waals surface area (Å²) < 4.78 is 1.33. The van der Waals surface area contributed by atoms with Gasteiger partial charge in [-0.15, -0.1) is 0 Å². The number of nitrogens with zero attached hydrogens (tertiary/aromatic N) is 2. The fraction of sp³-hybridized carbons (Fsp3) is 0.692. The van der Waals surface area contributed by atoms with Gasteiger partial charge in [0.2, 0.25) is 0 Å². The first-order valence-electron chi connectivity index (χ1n) is 6.57. The van der Waals surface area contributed by atoms with Gasteiger partial charge >= 0.3 is 0 Å². The molecule has 0 aliphatic carbocycles. The predicted molar refractivity (Wildman–Crippen MR) is 79.7 cm³/mol. The monoisotopic (exact) mass is 286 g/mol. The first-order chi connectivity index (χ1) is 8.83. The highest BCUT2D eigenvalue weighted by atomic mass is 35.5. The maximum absolute atomic E-state index is 11.9. The predicted octanol–water partition coefficient (Wildman–Crippen LogP) is 2.09. The molecule has 0 aromatic carbocycles. The zero-order valence-corrected chi connectivity index (χ0v) is 12.8. The third kappa shape index (κ3) is 3.94. The first kappa shape index (κ1) is 16.0. The van der Waals surface area contributed by atoms with Gasteiger partial charge in [0.1, 0.15) is 5.02 Å². The molecule has 0 radical (unpaired) electrons. The molecule has 3 N–H and O–H groups in total. The summed E-state index contributed by atoms with van der Waals surface area (Å²) in [4.78, 5) is 11.9. The Hall–Kier alpha value is -1.07. The van der Waals surface area contributed by atoms with E-state index in [0.717, 1.165) is 6.42 Å². The third-order valence-corrected chi connectivity index (χ3v) is 3.40. The number of nitrogens with two attached hydrogens (primary N) is 1. The average molecular weight is 287 g/mol. The summed E-state index contributed by atoms with van der Waals surface area (Å²) in [6.45, 7) is 9.08. The molecule has 19 heavy (non-hydrogen) atoms. The number of anilines is 1. The van der Waals surface area contributed by atoms with Crippen molar-refractivity contribution in [1.29, 1.82) is 0 Å². The van der Waals surface area contributed by atoms with Gasteiger partial charge in [-0.05, 0) is 26.2 Å². The number of halogens is 1. The molecule has 108 valence electrons. The van der Waals surface area contributed by atoms with Gasteiger partial charge in [-0.3, -0.25) is 4.79 Å². The number of rotatable bonds is 6. The molecule has 6 heteroatoms. The van der Waals surface area contributed by atoms with Gasteiger partial charge in [0, 0.05) is 18.6 Å². The van der Waals surface area contributed by atoms with Crippen molar-refractivity contribution in [2.45, 2.75) is 46.2 Å². The van der Waals surface area contributed by atoms with Gasteiger partial charge in [0.15, 0.2) is 0 Å². The number of aromatic nitrogens is 2. The quantitative estimate of drug-likeness (QED) is 0.840. The van der Waals surface area contributed by atoms with Crippen molar-refractivity contribution in [3.63, 3.8) is 0 Å². The minimum Gasteiger partial charge on any atom is -0.376 e. The highest BCUT2D eigenvalue weighted by Gasteiger charge is 2.25. The summed E-state index contributed by atoms with van der Waals surface area (Å²) in [5.74, 6) is 0.490. The molecule has 1 atom stereocenters. The Labute approximate surface area is 119 Å². The maximum atomic E-state index is 11.9. The van der Waals surface area contributed by atoms with E-state index in [1.54, 1.807) is 6.20 Å². The smallest absolute Gasteiger partial charge is 0.287 e. The summed E-state index contributed by atoms with van der Waals surface area (Å²) in [5, 5.41) is 7.50. The number of aryl methyl sites for hydroxylation is 1. The molecule has 0 saturated carbocycles. The lowest BCUT2D eigenvalue weighted by Crippen LogP contribution is -2.44. The highest BCUT2D eigenvalue weighted by molar-refractivity contribution is 6.32. The SMILES string of the molecule is CCn1ncc(NC(C)(CN)CC(C)C)c(Cl)c1=O. The van der Waals surface area contributed by atoms with Crippen LogP contribution in [0.2, 0.25) is 5.02 Å². The van der Waals surface area contributed by atoms with Crippen molar-refractivity contribution in [1.82, 2.24) is 9.78 Å². The second-order valence-corrected chi connectivity index (χ2v) is 5.86. The Balaban J connectivity index is 3.05. The molecule has 0 bridgehead atoms. The van der Waals surface area contributed by atoms with Crippen molar-refractivity contribution in [3.05, 3.63) is 21.6 Å². The molecule has 1 heterocycles. The lowest BCUT2D eigenvalue weighted by atomic mass is 9.90. The van der Waals surface area contributed by atoms with E-state index in [0.29, 0.717) is 24.7 Å². The van der Waals surface area contributed by atoms with Crippen molar-refractivity contribution < 1.29 is 0 Å². The number of nitrogens with one attached hydrogen (secondary N) is 1. The van der Waals surface area contributed by atoms with Gasteiger partial charge in [0.25, 0.3) is 5.56 Å². The van der Waals surface area contributed by atoms with Crippen LogP contribution in [0.3, 0.4) is 0 Å². The second-order valence-electron chi connectivity index (χ2n) is 5.48. The molecule has 1 aromatic rings. The number of hydrogen-bond donors (Lipinski definition) is 2. The molecule has 0 saturated heterocycles. The van der Waals surface area contributed by atoms with Gasteiger partial charge < -0.3 is 11.1 Å². The lowest BCUT2D eigenvalue weighted by molar-refractivity contribution is 0.406. The largest absolute Gasteiger partial charge is 0.376 e. The Bertz CT molecular complexity index is 486. The van der Waals surface area contributed by atoms with Crippen LogP contribution in [0, 0.1) is 5.92 Å². The minimum absolute atomic E-state index is 0.167. The normalized spacial score (nSPS) is 14.5. The Morgan fingerprint density at radius 1 is 1.58 bits per heavy atom. The fourth-order valence-corrected chi connectivity index (χ4v) is 2.38. The van der Waals surface area contributed by atoms with Gasteiger partial charge in [-0.2, -0.15) is 5.10 Å². The van der Waals surface area contributed by atoms with Crippen LogP contribution in [0.5, 0.6) is 0 Å². The molecule has 1 aromatic heterocycles. The van der Waals surface area contributed by atoms with Crippen LogP contribution < -0.4 is 16.6 Å². The summed E-state index contributed by atoms with van der Waals surface area (Å²) in [6.07, 6.45) is 2.47. The van der Waals surface area contributed by atoms with Gasteiger partial charge in [-0.25, -0.2) is 4.68 Å². The van der Waals surface area contributed by atoms with E-state index >= 15 is 0 Å². The van der Waals surface area contributed by atoms with Crippen molar-refractivity contribution >= 4 is 17.3 Å². The Morgan fingerprint density at radius 2 is 2.21 bits per heavy atom. The molecule has 1 rings (SSSR count). The zero-order chi connectivity index (χ0) is 14.6. The van der Waals surface area contributed by atoms with Crippen LogP contribution in [0.25, 0.3) is 0 Å². The summed E-state index contributed by atoms with van der Waals surface area (Å²) in [7, 11) is 0.